The fraction of sp³-hybridized carbons (Fsp3) is 0.611. The van der Waals surface area contributed by atoms with Crippen molar-refractivity contribution in [3.8, 4) is 5.75 Å². The minimum atomic E-state index is 0. The van der Waals surface area contributed by atoms with Gasteiger partial charge in [-0.15, -0.1) is 24.0 Å². The molecule has 0 atom stereocenters. The minimum absolute atomic E-state index is 0. The van der Waals surface area contributed by atoms with Gasteiger partial charge >= 0.3 is 0 Å². The number of piperidine rings is 1. The van der Waals surface area contributed by atoms with E-state index in [2.05, 4.69) is 68.9 Å². The number of aliphatic imine (C=N–C) groups is 1. The van der Waals surface area contributed by atoms with Crippen LogP contribution in [0.4, 0.5) is 0 Å². The van der Waals surface area contributed by atoms with Crippen molar-refractivity contribution in [2.45, 2.75) is 25.4 Å². The van der Waals surface area contributed by atoms with E-state index in [4.69, 9.17) is 4.74 Å². The normalized spacial score (nSPS) is 15.9. The summed E-state index contributed by atoms with van der Waals surface area (Å²) in [4.78, 5) is 8.97. The van der Waals surface area contributed by atoms with Crippen molar-refractivity contribution in [1.82, 2.24) is 15.1 Å². The molecule has 1 aliphatic heterocycles. The van der Waals surface area contributed by atoms with E-state index >= 15 is 0 Å². The Labute approximate surface area is 182 Å². The molecule has 5 nitrogen and oxygen atoms in total. The van der Waals surface area contributed by atoms with Gasteiger partial charge in [0.2, 0.25) is 0 Å². The van der Waals surface area contributed by atoms with E-state index < -0.39 is 0 Å². The smallest absolute Gasteiger partial charge is 0.193 e. The van der Waals surface area contributed by atoms with Crippen molar-refractivity contribution in [1.29, 1.82) is 0 Å². The van der Waals surface area contributed by atoms with Gasteiger partial charge in [-0.2, -0.15) is 0 Å². The lowest BCUT2D eigenvalue weighted by Crippen LogP contribution is -2.47. The van der Waals surface area contributed by atoms with Crippen LogP contribution in [0.1, 0.15) is 19.3 Å². The first-order valence-corrected chi connectivity index (χ1v) is 9.69. The predicted molar refractivity (Wildman–Crippen MR) is 124 cm³/mol. The highest BCUT2D eigenvalue weighted by Crippen LogP contribution is 2.24. The largest absolute Gasteiger partial charge is 0.489 e. The van der Waals surface area contributed by atoms with Gasteiger partial charge in [0.25, 0.3) is 0 Å². The van der Waals surface area contributed by atoms with Gasteiger partial charge in [-0.3, -0.25) is 4.99 Å². The lowest BCUT2D eigenvalue weighted by atomic mass is 10.1. The third kappa shape index (κ3) is 7.86. The Hall–Kier alpha value is -0.290. The summed E-state index contributed by atoms with van der Waals surface area (Å²) in [5.41, 5.74) is 0. The molecule has 1 fully saturated rings. The summed E-state index contributed by atoms with van der Waals surface area (Å²) in [5, 5.41) is 3.48. The SMILES string of the molecule is CN=C(NCCCN(C)C)N1CCC(Oc2ccccc2I)CC1.I. The number of hydrogen-bond donors (Lipinski definition) is 1. The van der Waals surface area contributed by atoms with Crippen molar-refractivity contribution >= 4 is 52.5 Å². The third-order valence-corrected chi connectivity index (χ3v) is 5.04. The van der Waals surface area contributed by atoms with Crippen LogP contribution in [0.5, 0.6) is 5.75 Å². The second kappa shape index (κ2) is 12.2. The summed E-state index contributed by atoms with van der Waals surface area (Å²) >= 11 is 2.33. The number of halogens is 2. The Balaban J connectivity index is 0.00000312. The molecule has 1 aliphatic rings. The molecular formula is C18H30I2N4O. The molecule has 0 amide bonds. The van der Waals surface area contributed by atoms with Crippen LogP contribution in [0.3, 0.4) is 0 Å². The van der Waals surface area contributed by atoms with Crippen LogP contribution in [0.25, 0.3) is 0 Å². The molecule has 0 bridgehead atoms. The standard InChI is InChI=1S/C18H29IN4O.HI/c1-20-18(21-11-6-12-22(2)3)23-13-9-15(10-14-23)24-17-8-5-4-7-16(17)19;/h4-5,7-8,15H,6,9-14H2,1-3H3,(H,20,21);1H. The molecule has 1 heterocycles. The first-order valence-electron chi connectivity index (χ1n) is 8.61. The van der Waals surface area contributed by atoms with E-state index in [1.807, 2.05) is 19.2 Å². The topological polar surface area (TPSA) is 40.1 Å². The summed E-state index contributed by atoms with van der Waals surface area (Å²) in [6, 6.07) is 8.22. The van der Waals surface area contributed by atoms with Crippen molar-refractivity contribution in [2.75, 3.05) is 47.3 Å². The molecule has 0 spiro atoms. The zero-order chi connectivity index (χ0) is 17.4. The monoisotopic (exact) mass is 572 g/mol. The molecule has 0 aliphatic carbocycles. The van der Waals surface area contributed by atoms with E-state index in [9.17, 15) is 0 Å². The molecule has 0 radical (unpaired) electrons. The van der Waals surface area contributed by atoms with E-state index in [1.165, 1.54) is 3.57 Å². The highest BCUT2D eigenvalue weighted by Gasteiger charge is 2.23. The zero-order valence-electron chi connectivity index (χ0n) is 15.4. The Kier molecular flexibility index (Phi) is 11.1. The number of para-hydroxylation sites is 1. The Morgan fingerprint density at radius 2 is 2.00 bits per heavy atom. The average Bonchev–Trinajstić information content (AvgIpc) is 2.58. The van der Waals surface area contributed by atoms with E-state index in [0.29, 0.717) is 6.10 Å². The minimum Gasteiger partial charge on any atom is -0.489 e. The summed E-state index contributed by atoms with van der Waals surface area (Å²) in [5.74, 6) is 2.02. The van der Waals surface area contributed by atoms with E-state index in [-0.39, 0.29) is 24.0 Å². The van der Waals surface area contributed by atoms with Crippen molar-refractivity contribution < 1.29 is 4.74 Å². The van der Waals surface area contributed by atoms with Gasteiger partial charge in [0, 0.05) is 39.5 Å². The highest BCUT2D eigenvalue weighted by atomic mass is 127. The van der Waals surface area contributed by atoms with E-state index in [0.717, 1.165) is 57.2 Å². The predicted octanol–water partition coefficient (Wildman–Crippen LogP) is 3.28. The maximum atomic E-state index is 6.17. The quantitative estimate of drug-likeness (QED) is 0.246. The van der Waals surface area contributed by atoms with Crippen LogP contribution in [-0.2, 0) is 0 Å². The molecule has 7 heteroatoms. The van der Waals surface area contributed by atoms with Crippen molar-refractivity contribution in [2.24, 2.45) is 4.99 Å². The zero-order valence-corrected chi connectivity index (χ0v) is 19.9. The summed E-state index contributed by atoms with van der Waals surface area (Å²) in [6.45, 7) is 4.03. The maximum Gasteiger partial charge on any atom is 0.193 e. The maximum absolute atomic E-state index is 6.17. The van der Waals surface area contributed by atoms with Gasteiger partial charge in [-0.25, -0.2) is 0 Å². The lowest BCUT2D eigenvalue weighted by molar-refractivity contribution is 0.128. The molecule has 0 saturated carbocycles. The number of nitrogens with zero attached hydrogens (tertiary/aromatic N) is 3. The second-order valence-corrected chi connectivity index (χ2v) is 7.53. The molecule has 1 saturated heterocycles. The van der Waals surface area contributed by atoms with Gasteiger partial charge in [0.1, 0.15) is 11.9 Å². The summed E-state index contributed by atoms with van der Waals surface area (Å²) in [6.07, 6.45) is 3.48. The first kappa shape index (κ1) is 22.8. The van der Waals surface area contributed by atoms with Gasteiger partial charge in [-0.1, -0.05) is 12.1 Å². The van der Waals surface area contributed by atoms with Crippen LogP contribution in [-0.4, -0.2) is 69.2 Å². The third-order valence-electron chi connectivity index (χ3n) is 4.15. The molecule has 0 aromatic heterocycles. The number of nitrogens with one attached hydrogen (secondary N) is 1. The van der Waals surface area contributed by atoms with Gasteiger partial charge in [-0.05, 0) is 61.8 Å². The molecular weight excluding hydrogens is 542 g/mol. The fourth-order valence-corrected chi connectivity index (χ4v) is 3.35. The van der Waals surface area contributed by atoms with Gasteiger partial charge < -0.3 is 19.9 Å². The summed E-state index contributed by atoms with van der Waals surface area (Å²) < 4.78 is 7.35. The molecule has 0 unspecified atom stereocenters. The Morgan fingerprint density at radius 3 is 2.60 bits per heavy atom. The van der Waals surface area contributed by atoms with Crippen molar-refractivity contribution in [3.05, 3.63) is 27.8 Å². The average molecular weight is 572 g/mol. The number of hydrogen-bond acceptors (Lipinski definition) is 3. The highest BCUT2D eigenvalue weighted by molar-refractivity contribution is 14.1. The molecule has 142 valence electrons. The summed E-state index contributed by atoms with van der Waals surface area (Å²) in [7, 11) is 6.07. The van der Waals surface area contributed by atoms with Crippen LogP contribution in [0.2, 0.25) is 0 Å². The number of likely N-dealkylation sites (tertiary alicyclic amines) is 1. The fourth-order valence-electron chi connectivity index (χ4n) is 2.83. The first-order chi connectivity index (χ1) is 11.6. The van der Waals surface area contributed by atoms with Crippen LogP contribution in [0.15, 0.2) is 29.3 Å². The van der Waals surface area contributed by atoms with Crippen LogP contribution < -0.4 is 10.1 Å². The van der Waals surface area contributed by atoms with Gasteiger partial charge in [0.15, 0.2) is 5.96 Å². The molecule has 25 heavy (non-hydrogen) atoms. The number of ether oxygens (including phenoxy) is 1. The lowest BCUT2D eigenvalue weighted by Gasteiger charge is -2.34. The van der Waals surface area contributed by atoms with Crippen LogP contribution >= 0.6 is 46.6 Å². The Bertz CT molecular complexity index is 532. The molecule has 1 N–H and O–H groups in total. The van der Waals surface area contributed by atoms with E-state index in [1.54, 1.807) is 0 Å². The number of guanidine groups is 1. The Morgan fingerprint density at radius 1 is 1.32 bits per heavy atom. The van der Waals surface area contributed by atoms with Crippen molar-refractivity contribution in [3.63, 3.8) is 0 Å². The molecule has 2 rings (SSSR count). The molecule has 1 aromatic carbocycles. The number of rotatable bonds is 6. The second-order valence-electron chi connectivity index (χ2n) is 6.37. The van der Waals surface area contributed by atoms with Crippen LogP contribution in [0, 0.1) is 3.57 Å². The number of benzene rings is 1. The molecule has 1 aromatic rings. The van der Waals surface area contributed by atoms with Gasteiger partial charge in [0.05, 0.1) is 3.57 Å².